The van der Waals surface area contributed by atoms with Crippen molar-refractivity contribution in [2.45, 2.75) is 18.9 Å². The van der Waals surface area contributed by atoms with E-state index in [1.165, 1.54) is 6.07 Å². The van der Waals surface area contributed by atoms with Gasteiger partial charge < -0.3 is 9.64 Å². The molecule has 0 atom stereocenters. The summed E-state index contributed by atoms with van der Waals surface area (Å²) in [6, 6.07) is 5.21. The number of hydrogen-bond acceptors (Lipinski definition) is 2. The maximum Gasteiger partial charge on any atom is 0.147 e. The van der Waals surface area contributed by atoms with Gasteiger partial charge in [-0.3, -0.25) is 0 Å². The van der Waals surface area contributed by atoms with Gasteiger partial charge in [-0.1, -0.05) is 15.9 Å². The van der Waals surface area contributed by atoms with Crippen LogP contribution in [0.15, 0.2) is 22.7 Å². The fourth-order valence-corrected chi connectivity index (χ4v) is 2.40. The lowest BCUT2D eigenvalue weighted by molar-refractivity contribution is 0.0818. The SMILES string of the molecule is COC1CCN(c2ccc(Br)cc2F)CC1. The number of hydrogen-bond donors (Lipinski definition) is 0. The van der Waals surface area contributed by atoms with Crippen molar-refractivity contribution in [3.05, 3.63) is 28.5 Å². The smallest absolute Gasteiger partial charge is 0.147 e. The van der Waals surface area contributed by atoms with E-state index in [2.05, 4.69) is 20.8 Å². The van der Waals surface area contributed by atoms with Crippen LogP contribution in [-0.4, -0.2) is 26.3 Å². The van der Waals surface area contributed by atoms with Crippen LogP contribution >= 0.6 is 15.9 Å². The summed E-state index contributed by atoms with van der Waals surface area (Å²) in [6.45, 7) is 1.72. The highest BCUT2D eigenvalue weighted by Crippen LogP contribution is 2.26. The normalized spacial score (nSPS) is 17.8. The molecule has 1 saturated heterocycles. The third-order valence-corrected chi connectivity index (χ3v) is 3.52. The molecule has 1 aromatic rings. The molecule has 1 aliphatic rings. The number of nitrogens with zero attached hydrogens (tertiary/aromatic N) is 1. The Morgan fingerprint density at radius 2 is 2.06 bits per heavy atom. The van der Waals surface area contributed by atoms with Crippen LogP contribution in [0.1, 0.15) is 12.8 Å². The van der Waals surface area contributed by atoms with Gasteiger partial charge in [0.1, 0.15) is 5.82 Å². The van der Waals surface area contributed by atoms with Crippen molar-refractivity contribution < 1.29 is 9.13 Å². The molecule has 1 fully saturated rings. The zero-order valence-corrected chi connectivity index (χ0v) is 10.8. The Hall–Kier alpha value is -0.610. The van der Waals surface area contributed by atoms with Crippen LogP contribution < -0.4 is 4.90 Å². The first-order valence-corrected chi connectivity index (χ1v) is 6.23. The van der Waals surface area contributed by atoms with Gasteiger partial charge in [0.25, 0.3) is 0 Å². The van der Waals surface area contributed by atoms with E-state index < -0.39 is 0 Å². The van der Waals surface area contributed by atoms with E-state index in [4.69, 9.17) is 4.74 Å². The summed E-state index contributed by atoms with van der Waals surface area (Å²) in [7, 11) is 1.74. The van der Waals surface area contributed by atoms with Gasteiger partial charge in [-0.05, 0) is 31.0 Å². The largest absolute Gasteiger partial charge is 0.381 e. The third-order valence-electron chi connectivity index (χ3n) is 3.03. The number of piperidine rings is 1. The summed E-state index contributed by atoms with van der Waals surface area (Å²) in [5, 5.41) is 0. The van der Waals surface area contributed by atoms with Crippen LogP contribution in [0.3, 0.4) is 0 Å². The van der Waals surface area contributed by atoms with Crippen LogP contribution in [0.2, 0.25) is 0 Å². The Morgan fingerprint density at radius 1 is 1.38 bits per heavy atom. The number of anilines is 1. The molecule has 0 N–H and O–H groups in total. The van der Waals surface area contributed by atoms with Gasteiger partial charge in [0.05, 0.1) is 11.8 Å². The highest BCUT2D eigenvalue weighted by molar-refractivity contribution is 9.10. The van der Waals surface area contributed by atoms with Gasteiger partial charge in [-0.25, -0.2) is 4.39 Å². The number of rotatable bonds is 2. The molecule has 16 heavy (non-hydrogen) atoms. The van der Waals surface area contributed by atoms with Crippen molar-refractivity contribution in [3.63, 3.8) is 0 Å². The lowest BCUT2D eigenvalue weighted by atomic mass is 10.1. The van der Waals surface area contributed by atoms with Gasteiger partial charge in [-0.2, -0.15) is 0 Å². The molecule has 1 aromatic carbocycles. The van der Waals surface area contributed by atoms with Crippen LogP contribution in [0, 0.1) is 5.82 Å². The molecule has 4 heteroatoms. The molecule has 0 spiro atoms. The first kappa shape index (κ1) is 11.9. The molecule has 1 heterocycles. The standard InChI is InChI=1S/C12H15BrFNO/c1-16-10-4-6-15(7-5-10)12-3-2-9(13)8-11(12)14/h2-3,8,10H,4-7H2,1H3. The second-order valence-corrected chi connectivity index (χ2v) is 4.93. The molecule has 0 saturated carbocycles. The second-order valence-electron chi connectivity index (χ2n) is 4.02. The molecule has 2 nitrogen and oxygen atoms in total. The number of ether oxygens (including phenoxy) is 1. The Bertz CT molecular complexity index is 364. The summed E-state index contributed by atoms with van der Waals surface area (Å²) in [6.07, 6.45) is 2.26. The van der Waals surface area contributed by atoms with Crippen molar-refractivity contribution in [1.82, 2.24) is 0 Å². The summed E-state index contributed by atoms with van der Waals surface area (Å²) in [5.74, 6) is -0.162. The Morgan fingerprint density at radius 3 is 2.62 bits per heavy atom. The average Bonchev–Trinajstić information content (AvgIpc) is 2.29. The van der Waals surface area contributed by atoms with E-state index in [0.717, 1.165) is 30.4 Å². The van der Waals surface area contributed by atoms with E-state index in [1.807, 2.05) is 12.1 Å². The maximum absolute atomic E-state index is 13.7. The molecule has 1 aliphatic heterocycles. The van der Waals surface area contributed by atoms with Gasteiger partial charge in [0.15, 0.2) is 0 Å². The zero-order valence-electron chi connectivity index (χ0n) is 9.25. The predicted molar refractivity (Wildman–Crippen MR) is 66.3 cm³/mol. The number of benzene rings is 1. The van der Waals surface area contributed by atoms with Crippen LogP contribution in [0.4, 0.5) is 10.1 Å². The molecule has 0 bridgehead atoms. The molecule has 0 amide bonds. The molecular weight excluding hydrogens is 273 g/mol. The van der Waals surface area contributed by atoms with E-state index in [9.17, 15) is 4.39 Å². The highest BCUT2D eigenvalue weighted by Gasteiger charge is 2.20. The molecular formula is C12H15BrFNO. The summed E-state index contributed by atoms with van der Waals surface area (Å²) in [4.78, 5) is 2.08. The van der Waals surface area contributed by atoms with Gasteiger partial charge in [0, 0.05) is 24.7 Å². The zero-order chi connectivity index (χ0) is 11.5. The monoisotopic (exact) mass is 287 g/mol. The van der Waals surface area contributed by atoms with E-state index in [0.29, 0.717) is 11.8 Å². The topological polar surface area (TPSA) is 12.5 Å². The molecule has 0 radical (unpaired) electrons. The highest BCUT2D eigenvalue weighted by atomic mass is 79.9. The Kier molecular flexibility index (Phi) is 3.82. The first-order chi connectivity index (χ1) is 7.70. The summed E-state index contributed by atoms with van der Waals surface area (Å²) in [5.41, 5.74) is 0.692. The fourth-order valence-electron chi connectivity index (χ4n) is 2.07. The third kappa shape index (κ3) is 2.55. The Balaban J connectivity index is 2.08. The van der Waals surface area contributed by atoms with E-state index in [-0.39, 0.29) is 5.82 Å². The molecule has 0 aromatic heterocycles. The minimum absolute atomic E-state index is 0.162. The van der Waals surface area contributed by atoms with Crippen LogP contribution in [0.5, 0.6) is 0 Å². The quantitative estimate of drug-likeness (QED) is 0.828. The van der Waals surface area contributed by atoms with E-state index in [1.54, 1.807) is 7.11 Å². The van der Waals surface area contributed by atoms with Crippen molar-refractivity contribution >= 4 is 21.6 Å². The summed E-state index contributed by atoms with van der Waals surface area (Å²) >= 11 is 3.26. The van der Waals surface area contributed by atoms with Crippen LogP contribution in [-0.2, 0) is 4.74 Å². The average molecular weight is 288 g/mol. The van der Waals surface area contributed by atoms with Crippen molar-refractivity contribution in [1.29, 1.82) is 0 Å². The first-order valence-electron chi connectivity index (χ1n) is 5.43. The van der Waals surface area contributed by atoms with Gasteiger partial charge in [0.2, 0.25) is 0 Å². The van der Waals surface area contributed by atoms with Crippen molar-refractivity contribution in [2.24, 2.45) is 0 Å². The predicted octanol–water partition coefficient (Wildman–Crippen LogP) is 3.20. The summed E-state index contributed by atoms with van der Waals surface area (Å²) < 4.78 is 19.8. The minimum atomic E-state index is -0.162. The second kappa shape index (κ2) is 5.15. The minimum Gasteiger partial charge on any atom is -0.381 e. The van der Waals surface area contributed by atoms with Gasteiger partial charge in [-0.15, -0.1) is 0 Å². The van der Waals surface area contributed by atoms with Crippen molar-refractivity contribution in [3.8, 4) is 0 Å². The number of methoxy groups -OCH3 is 1. The molecule has 2 rings (SSSR count). The maximum atomic E-state index is 13.7. The van der Waals surface area contributed by atoms with Gasteiger partial charge >= 0.3 is 0 Å². The lowest BCUT2D eigenvalue weighted by Gasteiger charge is -2.33. The lowest BCUT2D eigenvalue weighted by Crippen LogP contribution is -2.37. The van der Waals surface area contributed by atoms with Crippen LogP contribution in [0.25, 0.3) is 0 Å². The molecule has 88 valence electrons. The molecule has 0 aliphatic carbocycles. The van der Waals surface area contributed by atoms with Crippen molar-refractivity contribution in [2.75, 3.05) is 25.1 Å². The Labute approximate surface area is 104 Å². The van der Waals surface area contributed by atoms with E-state index >= 15 is 0 Å². The number of halogens is 2. The molecule has 0 unspecified atom stereocenters. The fraction of sp³-hybridized carbons (Fsp3) is 0.500.